The van der Waals surface area contributed by atoms with Crippen LogP contribution < -0.4 is 10.1 Å². The van der Waals surface area contributed by atoms with E-state index < -0.39 is 12.1 Å². The van der Waals surface area contributed by atoms with E-state index in [4.69, 9.17) is 4.74 Å². The van der Waals surface area contributed by atoms with Gasteiger partial charge in [0.25, 0.3) is 0 Å². The average Bonchev–Trinajstić information content (AvgIpc) is 2.53. The largest absolute Gasteiger partial charge is 0.423 e. The van der Waals surface area contributed by atoms with Gasteiger partial charge in [0.2, 0.25) is 0 Å². The molecule has 0 heterocycles. The molecule has 1 atom stereocenters. The number of carbonyl (C=O) groups is 1. The van der Waals surface area contributed by atoms with Crippen molar-refractivity contribution in [2.75, 3.05) is 13.1 Å². The Labute approximate surface area is 142 Å². The molecule has 0 aromatic heterocycles. The standard InChI is InChI=1S/C18H21NO3.ClH/c1-3-19-12-17(20)14-8-6-9-15(11-14)22-18(21)16-10-5-4-7-13(16)2;/h4-11,17,19-20H,3,12H2,1-2H3;1H. The quantitative estimate of drug-likeness (QED) is 0.628. The van der Waals surface area contributed by atoms with E-state index in [1.165, 1.54) is 0 Å². The van der Waals surface area contributed by atoms with Crippen molar-refractivity contribution in [1.29, 1.82) is 0 Å². The minimum absolute atomic E-state index is 0. The molecule has 0 spiro atoms. The number of esters is 1. The third-order valence-corrected chi connectivity index (χ3v) is 3.41. The summed E-state index contributed by atoms with van der Waals surface area (Å²) in [6.45, 7) is 5.10. The summed E-state index contributed by atoms with van der Waals surface area (Å²) in [6.07, 6.45) is -0.628. The lowest BCUT2D eigenvalue weighted by atomic mass is 10.1. The van der Waals surface area contributed by atoms with Crippen LogP contribution in [-0.4, -0.2) is 24.2 Å². The number of ether oxygens (including phenoxy) is 1. The number of aliphatic hydroxyl groups excluding tert-OH is 1. The topological polar surface area (TPSA) is 58.6 Å². The molecule has 0 amide bonds. The second kappa shape index (κ2) is 9.30. The molecule has 2 aromatic rings. The second-order valence-corrected chi connectivity index (χ2v) is 5.10. The molecular weight excluding hydrogens is 314 g/mol. The summed E-state index contributed by atoms with van der Waals surface area (Å²) in [5, 5.41) is 13.2. The van der Waals surface area contributed by atoms with Gasteiger partial charge in [0.15, 0.2) is 0 Å². The number of hydrogen-bond donors (Lipinski definition) is 2. The van der Waals surface area contributed by atoms with Crippen LogP contribution in [0.25, 0.3) is 0 Å². The summed E-state index contributed by atoms with van der Waals surface area (Å²) in [5.74, 6) is 0.0396. The van der Waals surface area contributed by atoms with Crippen LogP contribution in [0.15, 0.2) is 48.5 Å². The first-order chi connectivity index (χ1) is 10.6. The molecule has 0 bridgehead atoms. The van der Waals surface area contributed by atoms with Crippen molar-refractivity contribution in [3.8, 4) is 5.75 Å². The van der Waals surface area contributed by atoms with E-state index in [0.717, 1.165) is 17.7 Å². The Morgan fingerprint density at radius 3 is 2.65 bits per heavy atom. The Hall–Kier alpha value is -1.88. The number of hydrogen-bond acceptors (Lipinski definition) is 4. The summed E-state index contributed by atoms with van der Waals surface area (Å²) in [7, 11) is 0. The molecule has 0 aliphatic carbocycles. The number of benzene rings is 2. The summed E-state index contributed by atoms with van der Waals surface area (Å²) in [6, 6.07) is 14.3. The van der Waals surface area contributed by atoms with Crippen LogP contribution in [0.4, 0.5) is 0 Å². The van der Waals surface area contributed by atoms with Crippen molar-refractivity contribution in [1.82, 2.24) is 5.32 Å². The lowest BCUT2D eigenvalue weighted by Crippen LogP contribution is -2.20. The van der Waals surface area contributed by atoms with E-state index in [1.54, 1.807) is 30.3 Å². The van der Waals surface area contributed by atoms with E-state index >= 15 is 0 Å². The maximum atomic E-state index is 12.2. The van der Waals surface area contributed by atoms with E-state index in [2.05, 4.69) is 5.32 Å². The second-order valence-electron chi connectivity index (χ2n) is 5.10. The molecule has 23 heavy (non-hydrogen) atoms. The van der Waals surface area contributed by atoms with Crippen molar-refractivity contribution in [3.05, 3.63) is 65.2 Å². The van der Waals surface area contributed by atoms with Gasteiger partial charge in [0, 0.05) is 6.54 Å². The Morgan fingerprint density at radius 2 is 1.96 bits per heavy atom. The smallest absolute Gasteiger partial charge is 0.343 e. The number of carbonyl (C=O) groups excluding carboxylic acids is 1. The molecule has 4 nitrogen and oxygen atoms in total. The zero-order valence-corrected chi connectivity index (χ0v) is 14.1. The van der Waals surface area contributed by atoms with Crippen molar-refractivity contribution in [2.24, 2.45) is 0 Å². The fourth-order valence-corrected chi connectivity index (χ4v) is 2.15. The Morgan fingerprint density at radius 1 is 1.22 bits per heavy atom. The van der Waals surface area contributed by atoms with Crippen LogP contribution in [0.1, 0.15) is 34.5 Å². The maximum Gasteiger partial charge on any atom is 0.343 e. The van der Waals surface area contributed by atoms with Gasteiger partial charge in [-0.1, -0.05) is 37.3 Å². The predicted molar refractivity (Wildman–Crippen MR) is 93.3 cm³/mol. The third-order valence-electron chi connectivity index (χ3n) is 3.41. The monoisotopic (exact) mass is 335 g/mol. The highest BCUT2D eigenvalue weighted by Gasteiger charge is 2.13. The average molecular weight is 336 g/mol. The minimum atomic E-state index is -0.628. The number of rotatable bonds is 6. The van der Waals surface area contributed by atoms with Gasteiger partial charge in [-0.15, -0.1) is 12.4 Å². The third kappa shape index (κ3) is 5.36. The highest BCUT2D eigenvalue weighted by atomic mass is 35.5. The molecule has 0 aliphatic heterocycles. The first-order valence-electron chi connectivity index (χ1n) is 7.38. The van der Waals surface area contributed by atoms with Crippen LogP contribution in [-0.2, 0) is 0 Å². The molecule has 5 heteroatoms. The van der Waals surface area contributed by atoms with Crippen LogP contribution in [0, 0.1) is 6.92 Å². The molecule has 124 valence electrons. The molecule has 2 N–H and O–H groups in total. The van der Waals surface area contributed by atoms with Crippen molar-refractivity contribution < 1.29 is 14.6 Å². The highest BCUT2D eigenvalue weighted by molar-refractivity contribution is 5.92. The van der Waals surface area contributed by atoms with Gasteiger partial charge < -0.3 is 15.2 Å². The van der Waals surface area contributed by atoms with Gasteiger partial charge in [-0.2, -0.15) is 0 Å². The molecule has 2 rings (SSSR count). The van der Waals surface area contributed by atoms with Crippen LogP contribution in [0.3, 0.4) is 0 Å². The first-order valence-corrected chi connectivity index (χ1v) is 7.38. The van der Waals surface area contributed by atoms with E-state index in [9.17, 15) is 9.90 Å². The SMILES string of the molecule is CCNCC(O)c1cccc(OC(=O)c2ccccc2C)c1.Cl. The number of halogens is 1. The molecule has 0 saturated carbocycles. The van der Waals surface area contributed by atoms with Gasteiger partial charge in [-0.25, -0.2) is 4.79 Å². The molecule has 0 fully saturated rings. The normalized spacial score (nSPS) is 11.4. The summed E-state index contributed by atoms with van der Waals surface area (Å²) in [4.78, 5) is 12.2. The number of nitrogens with one attached hydrogen (secondary N) is 1. The molecule has 1 unspecified atom stereocenters. The van der Waals surface area contributed by atoms with Crippen LogP contribution >= 0.6 is 12.4 Å². The number of likely N-dealkylation sites (N-methyl/N-ethyl adjacent to an activating group) is 1. The molecule has 0 radical (unpaired) electrons. The summed E-state index contributed by atoms with van der Waals surface area (Å²) < 4.78 is 5.41. The fraction of sp³-hybridized carbons (Fsp3) is 0.278. The van der Waals surface area contributed by atoms with Crippen LogP contribution in [0.2, 0.25) is 0 Å². The molecule has 2 aromatic carbocycles. The minimum Gasteiger partial charge on any atom is -0.423 e. The van der Waals surface area contributed by atoms with Gasteiger partial charge in [0.1, 0.15) is 5.75 Å². The number of aliphatic hydroxyl groups is 1. The maximum absolute atomic E-state index is 12.2. The Bertz CT molecular complexity index is 646. The molecular formula is C18H22ClNO3. The first kappa shape index (κ1) is 19.2. The Balaban J connectivity index is 0.00000264. The van der Waals surface area contributed by atoms with Gasteiger partial charge in [0.05, 0.1) is 11.7 Å². The lowest BCUT2D eigenvalue weighted by Gasteiger charge is -2.13. The van der Waals surface area contributed by atoms with Crippen molar-refractivity contribution >= 4 is 18.4 Å². The molecule has 0 aliphatic rings. The van der Waals surface area contributed by atoms with E-state index in [-0.39, 0.29) is 12.4 Å². The zero-order valence-electron chi connectivity index (χ0n) is 13.3. The highest BCUT2D eigenvalue weighted by Crippen LogP contribution is 2.20. The summed E-state index contributed by atoms with van der Waals surface area (Å²) >= 11 is 0. The van der Waals surface area contributed by atoms with E-state index in [0.29, 0.717) is 17.9 Å². The van der Waals surface area contributed by atoms with Gasteiger partial charge in [-0.3, -0.25) is 0 Å². The summed E-state index contributed by atoms with van der Waals surface area (Å²) in [5.41, 5.74) is 2.13. The zero-order chi connectivity index (χ0) is 15.9. The molecule has 0 saturated heterocycles. The van der Waals surface area contributed by atoms with E-state index in [1.807, 2.05) is 32.0 Å². The predicted octanol–water partition coefficient (Wildman–Crippen LogP) is 3.28. The van der Waals surface area contributed by atoms with Crippen molar-refractivity contribution in [3.63, 3.8) is 0 Å². The van der Waals surface area contributed by atoms with Crippen molar-refractivity contribution in [2.45, 2.75) is 20.0 Å². The van der Waals surface area contributed by atoms with Gasteiger partial charge >= 0.3 is 5.97 Å². The fourth-order valence-electron chi connectivity index (χ4n) is 2.15. The van der Waals surface area contributed by atoms with Crippen LogP contribution in [0.5, 0.6) is 5.75 Å². The lowest BCUT2D eigenvalue weighted by molar-refractivity contribution is 0.0733. The number of aryl methyl sites for hydroxylation is 1. The Kier molecular flexibility index (Phi) is 7.75. The van der Waals surface area contributed by atoms with Gasteiger partial charge in [-0.05, 0) is 42.8 Å².